The molecule has 1 aliphatic heterocycles. The van der Waals surface area contributed by atoms with Crippen LogP contribution in [0, 0.1) is 0 Å². The summed E-state index contributed by atoms with van der Waals surface area (Å²) in [5, 5.41) is 2.75. The minimum Gasteiger partial charge on any atom is -0.497 e. The Hall–Kier alpha value is -3.09. The maximum atomic E-state index is 12.7. The lowest BCUT2D eigenvalue weighted by molar-refractivity contribution is -0.133. The van der Waals surface area contributed by atoms with Crippen molar-refractivity contribution in [3.05, 3.63) is 54.4 Å². The number of rotatable bonds is 5. The molecule has 0 aliphatic carbocycles. The second-order valence-corrected chi connectivity index (χ2v) is 6.45. The summed E-state index contributed by atoms with van der Waals surface area (Å²) >= 11 is 0. The van der Waals surface area contributed by atoms with E-state index in [-0.39, 0.29) is 11.8 Å². The Labute approximate surface area is 158 Å². The molecule has 0 radical (unpaired) electrons. The molecule has 0 saturated carbocycles. The van der Waals surface area contributed by atoms with Gasteiger partial charge in [-0.2, -0.15) is 0 Å². The van der Waals surface area contributed by atoms with Gasteiger partial charge >= 0.3 is 0 Å². The van der Waals surface area contributed by atoms with E-state index in [4.69, 9.17) is 4.74 Å². The standard InChI is InChI=1S/C20H24N4O3/c1-15(22-19(25)16-5-4-8-21-14-16)20(26)24-11-9-23(10-12-24)17-6-3-7-18(13-17)27-2/h3-8,13-15H,9-12H2,1-2H3,(H,22,25)/t15-/m0/s1. The number of carbonyl (C=O) groups is 2. The van der Waals surface area contributed by atoms with E-state index in [1.54, 1.807) is 37.3 Å². The van der Waals surface area contributed by atoms with E-state index in [9.17, 15) is 9.59 Å². The summed E-state index contributed by atoms with van der Waals surface area (Å²) in [6, 6.07) is 10.7. The maximum absolute atomic E-state index is 12.7. The number of benzene rings is 1. The first-order valence-corrected chi connectivity index (χ1v) is 8.97. The van der Waals surface area contributed by atoms with Crippen LogP contribution in [0.5, 0.6) is 5.75 Å². The minimum atomic E-state index is -0.582. The average Bonchev–Trinajstić information content (AvgIpc) is 2.74. The Balaban J connectivity index is 1.54. The fraction of sp³-hybridized carbons (Fsp3) is 0.350. The van der Waals surface area contributed by atoms with Gasteiger partial charge in [0.15, 0.2) is 0 Å². The van der Waals surface area contributed by atoms with Crippen molar-refractivity contribution < 1.29 is 14.3 Å². The number of nitrogens with zero attached hydrogens (tertiary/aromatic N) is 3. The Morgan fingerprint density at radius 2 is 1.93 bits per heavy atom. The normalized spacial score (nSPS) is 15.2. The third-order valence-corrected chi connectivity index (χ3v) is 4.65. The van der Waals surface area contributed by atoms with Gasteiger partial charge in [-0.25, -0.2) is 0 Å². The highest BCUT2D eigenvalue weighted by molar-refractivity contribution is 5.97. The van der Waals surface area contributed by atoms with E-state index in [0.717, 1.165) is 24.5 Å². The molecule has 2 heterocycles. The predicted octanol–water partition coefficient (Wildman–Crippen LogP) is 1.56. The number of amides is 2. The zero-order chi connectivity index (χ0) is 19.2. The number of methoxy groups -OCH3 is 1. The third-order valence-electron chi connectivity index (χ3n) is 4.65. The minimum absolute atomic E-state index is 0.0717. The lowest BCUT2D eigenvalue weighted by Gasteiger charge is -2.37. The number of anilines is 1. The highest BCUT2D eigenvalue weighted by Gasteiger charge is 2.26. The number of ether oxygens (including phenoxy) is 1. The van der Waals surface area contributed by atoms with Crippen LogP contribution in [0.1, 0.15) is 17.3 Å². The highest BCUT2D eigenvalue weighted by Crippen LogP contribution is 2.22. The van der Waals surface area contributed by atoms with Gasteiger partial charge in [-0.15, -0.1) is 0 Å². The Morgan fingerprint density at radius 1 is 1.15 bits per heavy atom. The van der Waals surface area contributed by atoms with Gasteiger partial charge in [0, 0.05) is 50.3 Å². The summed E-state index contributed by atoms with van der Waals surface area (Å²) in [6.45, 7) is 4.42. The number of pyridine rings is 1. The van der Waals surface area contributed by atoms with E-state index in [1.807, 2.05) is 24.3 Å². The molecule has 1 N–H and O–H groups in total. The Kier molecular flexibility index (Phi) is 5.90. The van der Waals surface area contributed by atoms with Gasteiger partial charge in [0.2, 0.25) is 5.91 Å². The number of aromatic nitrogens is 1. The van der Waals surface area contributed by atoms with Crippen LogP contribution in [-0.4, -0.2) is 61.0 Å². The molecule has 1 aromatic carbocycles. The van der Waals surface area contributed by atoms with E-state index in [1.165, 1.54) is 6.20 Å². The predicted molar refractivity (Wildman–Crippen MR) is 103 cm³/mol. The van der Waals surface area contributed by atoms with E-state index in [0.29, 0.717) is 18.7 Å². The number of hydrogen-bond acceptors (Lipinski definition) is 5. The van der Waals surface area contributed by atoms with Crippen LogP contribution >= 0.6 is 0 Å². The molecule has 3 rings (SSSR count). The van der Waals surface area contributed by atoms with Crippen LogP contribution in [-0.2, 0) is 4.79 Å². The molecule has 27 heavy (non-hydrogen) atoms. The topological polar surface area (TPSA) is 74.8 Å². The fourth-order valence-electron chi connectivity index (χ4n) is 3.10. The summed E-state index contributed by atoms with van der Waals surface area (Å²) < 4.78 is 5.27. The smallest absolute Gasteiger partial charge is 0.253 e. The van der Waals surface area contributed by atoms with Crippen molar-refractivity contribution in [2.75, 3.05) is 38.2 Å². The molecule has 7 heteroatoms. The van der Waals surface area contributed by atoms with Crippen molar-refractivity contribution in [2.45, 2.75) is 13.0 Å². The molecule has 0 bridgehead atoms. The molecule has 1 aromatic heterocycles. The zero-order valence-corrected chi connectivity index (χ0v) is 15.6. The molecule has 1 fully saturated rings. The second-order valence-electron chi connectivity index (χ2n) is 6.45. The van der Waals surface area contributed by atoms with Crippen molar-refractivity contribution >= 4 is 17.5 Å². The van der Waals surface area contributed by atoms with Crippen LogP contribution in [0.4, 0.5) is 5.69 Å². The maximum Gasteiger partial charge on any atom is 0.253 e. The lowest BCUT2D eigenvalue weighted by Crippen LogP contribution is -2.54. The summed E-state index contributed by atoms with van der Waals surface area (Å²) in [5.41, 5.74) is 1.53. The quantitative estimate of drug-likeness (QED) is 0.867. The summed E-state index contributed by atoms with van der Waals surface area (Å²) in [6.07, 6.45) is 3.09. The van der Waals surface area contributed by atoms with Crippen molar-refractivity contribution in [3.8, 4) is 5.75 Å². The highest BCUT2D eigenvalue weighted by atomic mass is 16.5. The largest absolute Gasteiger partial charge is 0.497 e. The Morgan fingerprint density at radius 3 is 2.59 bits per heavy atom. The number of carbonyl (C=O) groups excluding carboxylic acids is 2. The monoisotopic (exact) mass is 368 g/mol. The molecule has 7 nitrogen and oxygen atoms in total. The fourth-order valence-corrected chi connectivity index (χ4v) is 3.10. The molecular weight excluding hydrogens is 344 g/mol. The van der Waals surface area contributed by atoms with Crippen LogP contribution in [0.3, 0.4) is 0 Å². The SMILES string of the molecule is COc1cccc(N2CCN(C(=O)[C@H](C)NC(=O)c3cccnc3)CC2)c1. The van der Waals surface area contributed by atoms with Crippen molar-refractivity contribution in [2.24, 2.45) is 0 Å². The lowest BCUT2D eigenvalue weighted by atomic mass is 10.2. The van der Waals surface area contributed by atoms with Crippen LogP contribution < -0.4 is 15.0 Å². The molecule has 0 spiro atoms. The number of hydrogen-bond donors (Lipinski definition) is 1. The van der Waals surface area contributed by atoms with Gasteiger partial charge in [0.25, 0.3) is 5.91 Å². The summed E-state index contributed by atoms with van der Waals surface area (Å²) in [4.78, 5) is 32.8. The van der Waals surface area contributed by atoms with Crippen LogP contribution in [0.15, 0.2) is 48.8 Å². The van der Waals surface area contributed by atoms with Gasteiger partial charge in [0.05, 0.1) is 12.7 Å². The third kappa shape index (κ3) is 4.55. The Bertz CT molecular complexity index is 789. The van der Waals surface area contributed by atoms with Crippen LogP contribution in [0.2, 0.25) is 0 Å². The molecule has 0 unspecified atom stereocenters. The molecular formula is C20H24N4O3. The van der Waals surface area contributed by atoms with Gasteiger partial charge in [-0.05, 0) is 31.2 Å². The molecule has 1 atom stereocenters. The van der Waals surface area contributed by atoms with Gasteiger partial charge in [-0.3, -0.25) is 14.6 Å². The van der Waals surface area contributed by atoms with Crippen molar-refractivity contribution in [3.63, 3.8) is 0 Å². The first-order valence-electron chi connectivity index (χ1n) is 8.97. The number of piperazine rings is 1. The molecule has 2 amide bonds. The summed E-state index contributed by atoms with van der Waals surface area (Å²) in [5.74, 6) is 0.453. The molecule has 142 valence electrons. The van der Waals surface area contributed by atoms with Gasteiger partial charge in [-0.1, -0.05) is 6.07 Å². The zero-order valence-electron chi connectivity index (χ0n) is 15.6. The first-order chi connectivity index (χ1) is 13.1. The summed E-state index contributed by atoms with van der Waals surface area (Å²) in [7, 11) is 1.65. The molecule has 2 aromatic rings. The van der Waals surface area contributed by atoms with E-state index < -0.39 is 6.04 Å². The van der Waals surface area contributed by atoms with Crippen molar-refractivity contribution in [1.29, 1.82) is 0 Å². The number of nitrogens with one attached hydrogen (secondary N) is 1. The average molecular weight is 368 g/mol. The van der Waals surface area contributed by atoms with Gasteiger partial charge in [0.1, 0.15) is 11.8 Å². The molecule has 1 aliphatic rings. The van der Waals surface area contributed by atoms with E-state index in [2.05, 4.69) is 15.2 Å². The molecule has 1 saturated heterocycles. The van der Waals surface area contributed by atoms with Crippen molar-refractivity contribution in [1.82, 2.24) is 15.2 Å². The first kappa shape index (κ1) is 18.7. The second kappa shape index (κ2) is 8.53. The van der Waals surface area contributed by atoms with Crippen LogP contribution in [0.25, 0.3) is 0 Å². The van der Waals surface area contributed by atoms with Gasteiger partial charge < -0.3 is 19.9 Å². The van der Waals surface area contributed by atoms with E-state index >= 15 is 0 Å².